The molecular weight excluding hydrogens is 865 g/mol. The molecule has 7 fully saturated rings. The Morgan fingerprint density at radius 2 is 1.35 bits per heavy atom. The smallest absolute Gasteiger partial charge is 0.337 e. The second-order valence-corrected chi connectivity index (χ2v) is 23.3. The lowest BCUT2D eigenvalue weighted by atomic mass is 9.33. The molecule has 9 N–H and O–H groups in total. The second-order valence-electron chi connectivity index (χ2n) is 23.3. The van der Waals surface area contributed by atoms with Crippen LogP contribution in [0.3, 0.4) is 0 Å². The summed E-state index contributed by atoms with van der Waals surface area (Å²) in [5, 5.41) is 98.2. The summed E-state index contributed by atoms with van der Waals surface area (Å²) < 4.78 is 40.6. The number of fused-ring (bicyclic) bond motifs is 7. The van der Waals surface area contributed by atoms with Gasteiger partial charge >= 0.3 is 11.9 Å². The highest BCUT2D eigenvalue weighted by atomic mass is 16.8. The van der Waals surface area contributed by atoms with Crippen molar-refractivity contribution in [3.8, 4) is 0 Å². The van der Waals surface area contributed by atoms with Gasteiger partial charge in [-0.3, -0.25) is 4.79 Å². The number of esters is 2. The summed E-state index contributed by atoms with van der Waals surface area (Å²) in [7, 11) is 1.15. The Morgan fingerprint density at radius 1 is 0.697 bits per heavy atom. The van der Waals surface area contributed by atoms with Crippen molar-refractivity contribution in [1.29, 1.82) is 0 Å². The predicted molar refractivity (Wildman–Crippen MR) is 229 cm³/mol. The van der Waals surface area contributed by atoms with E-state index < -0.39 is 139 Å². The molecule has 0 spiro atoms. The van der Waals surface area contributed by atoms with Gasteiger partial charge < -0.3 is 79.1 Å². The van der Waals surface area contributed by atoms with E-state index in [1.165, 1.54) is 6.92 Å². The number of hydrogen-bond acceptors (Lipinski definition) is 18. The maximum atomic E-state index is 15.1. The fraction of sp³-hybridized carbons (Fsp3) is 0.917. The molecule has 0 aromatic heterocycles. The molecule has 0 bridgehead atoms. The van der Waals surface area contributed by atoms with Crippen LogP contribution in [0.4, 0.5) is 0 Å². The summed E-state index contributed by atoms with van der Waals surface area (Å²) in [6.45, 7) is 16.7. The zero-order valence-corrected chi connectivity index (χ0v) is 39.8. The molecule has 66 heavy (non-hydrogen) atoms. The zero-order valence-electron chi connectivity index (χ0n) is 39.8. The fourth-order valence-corrected chi connectivity index (χ4v) is 14.9. The largest absolute Gasteiger partial charge is 0.467 e. The van der Waals surface area contributed by atoms with Crippen molar-refractivity contribution >= 4 is 11.9 Å². The Hall–Kier alpha value is -1.88. The van der Waals surface area contributed by atoms with E-state index in [-0.39, 0.29) is 34.5 Å². The van der Waals surface area contributed by atoms with Gasteiger partial charge in [-0.15, -0.1) is 0 Å². The minimum Gasteiger partial charge on any atom is -0.467 e. The molecule has 0 amide bonds. The van der Waals surface area contributed by atoms with Crippen molar-refractivity contribution < 1.29 is 88.7 Å². The first kappa shape index (κ1) is 50.5. The molecule has 0 aromatic rings. The molecule has 8 aliphatic rings. The number of carbonyl (C=O) groups is 2. The summed E-state index contributed by atoms with van der Waals surface area (Å²) in [5.74, 6) is -1.72. The average molecular weight is 941 g/mol. The van der Waals surface area contributed by atoms with Gasteiger partial charge in [-0.25, -0.2) is 4.79 Å². The lowest BCUT2D eigenvalue weighted by Crippen LogP contribution is -2.68. The minimum atomic E-state index is -1.74. The van der Waals surface area contributed by atoms with Crippen LogP contribution in [-0.4, -0.2) is 170 Å². The van der Waals surface area contributed by atoms with E-state index in [1.807, 2.05) is 0 Å². The number of aliphatic hydroxyl groups is 9. The fourth-order valence-electron chi connectivity index (χ4n) is 14.9. The molecule has 3 saturated heterocycles. The van der Waals surface area contributed by atoms with Gasteiger partial charge in [-0.2, -0.15) is 0 Å². The second kappa shape index (κ2) is 17.5. The van der Waals surface area contributed by atoms with Gasteiger partial charge in [0, 0.05) is 0 Å². The summed E-state index contributed by atoms with van der Waals surface area (Å²) in [5.41, 5.74) is -1.98. The maximum absolute atomic E-state index is 15.1. The molecule has 4 saturated carbocycles. The van der Waals surface area contributed by atoms with E-state index in [0.717, 1.165) is 38.4 Å². The number of allylic oxidation sites excluding steroid dienone is 2. The number of hydrogen-bond donors (Lipinski definition) is 9. The molecule has 3 heterocycles. The Balaban J connectivity index is 1.06. The number of methoxy groups -OCH3 is 1. The van der Waals surface area contributed by atoms with E-state index in [2.05, 4.69) is 54.5 Å². The summed E-state index contributed by atoms with van der Waals surface area (Å²) in [4.78, 5) is 27.6. The van der Waals surface area contributed by atoms with Crippen LogP contribution in [0.25, 0.3) is 0 Å². The molecule has 0 aromatic carbocycles. The number of ether oxygens (including phenoxy) is 7. The van der Waals surface area contributed by atoms with Gasteiger partial charge in [-0.1, -0.05) is 60.1 Å². The Labute approximate surface area is 386 Å². The molecule has 8 rings (SSSR count). The monoisotopic (exact) mass is 941 g/mol. The van der Waals surface area contributed by atoms with E-state index in [0.29, 0.717) is 25.7 Å². The van der Waals surface area contributed by atoms with Crippen molar-refractivity contribution in [1.82, 2.24) is 0 Å². The Kier molecular flexibility index (Phi) is 13.4. The SMILES string of the molecule is COC(=O)C1OC(OC2CCC3(C)C(CCC4(C)C3CC=C3C5CC(C)(C)CCC5(C(=O)OC5OCC(O)C(O)C5OC5OC(C)C(O)C(O)C5O)C(O)CC34C)C2(C)C)C(O)C(O)C1O. The van der Waals surface area contributed by atoms with Crippen LogP contribution < -0.4 is 0 Å². The van der Waals surface area contributed by atoms with Gasteiger partial charge in [-0.05, 0) is 110 Å². The molecule has 5 aliphatic carbocycles. The Morgan fingerprint density at radius 3 is 2.02 bits per heavy atom. The van der Waals surface area contributed by atoms with Gasteiger partial charge in [0.2, 0.25) is 6.29 Å². The maximum Gasteiger partial charge on any atom is 0.337 e. The topological polar surface area (TPSA) is 281 Å². The number of carbonyl (C=O) groups excluding carboxylic acids is 2. The quantitative estimate of drug-likeness (QED) is 0.0977. The highest BCUT2D eigenvalue weighted by Gasteiger charge is 2.72. The third-order valence-electron chi connectivity index (χ3n) is 19.1. The first-order chi connectivity index (χ1) is 30.7. The van der Waals surface area contributed by atoms with E-state index in [1.54, 1.807) is 0 Å². The van der Waals surface area contributed by atoms with Crippen LogP contribution >= 0.6 is 0 Å². The van der Waals surface area contributed by atoms with Crippen LogP contribution in [-0.2, 0) is 42.7 Å². The van der Waals surface area contributed by atoms with Gasteiger partial charge in [0.25, 0.3) is 0 Å². The first-order valence-electron chi connectivity index (χ1n) is 24.1. The summed E-state index contributed by atoms with van der Waals surface area (Å²) >= 11 is 0. The lowest BCUT2D eigenvalue weighted by molar-refractivity contribution is -0.350. The summed E-state index contributed by atoms with van der Waals surface area (Å²) in [6, 6.07) is 0. The molecule has 23 atom stereocenters. The number of aliphatic hydroxyl groups excluding tert-OH is 9. The molecule has 18 heteroatoms. The molecule has 3 aliphatic heterocycles. The van der Waals surface area contributed by atoms with E-state index in [4.69, 9.17) is 33.2 Å². The van der Waals surface area contributed by atoms with Gasteiger partial charge in [0.1, 0.15) is 54.2 Å². The minimum absolute atomic E-state index is 0.139. The van der Waals surface area contributed by atoms with Crippen molar-refractivity contribution in [3.63, 3.8) is 0 Å². The lowest BCUT2D eigenvalue weighted by Gasteiger charge is -2.71. The van der Waals surface area contributed by atoms with Crippen LogP contribution in [0.1, 0.15) is 113 Å². The molecule has 376 valence electrons. The van der Waals surface area contributed by atoms with Crippen LogP contribution in [0, 0.1) is 50.2 Å². The van der Waals surface area contributed by atoms with E-state index >= 15 is 4.79 Å². The third-order valence-corrected chi connectivity index (χ3v) is 19.1. The van der Waals surface area contributed by atoms with E-state index in [9.17, 15) is 50.8 Å². The molecular formula is C48H76O18. The normalized spacial score (nSPS) is 53.2. The van der Waals surface area contributed by atoms with Crippen molar-refractivity contribution in [2.24, 2.45) is 50.2 Å². The van der Waals surface area contributed by atoms with Crippen molar-refractivity contribution in [3.05, 3.63) is 11.6 Å². The highest BCUT2D eigenvalue weighted by Crippen LogP contribution is 2.76. The summed E-state index contributed by atoms with van der Waals surface area (Å²) in [6.07, 6.45) is -15.2. The first-order valence-corrected chi connectivity index (χ1v) is 24.1. The van der Waals surface area contributed by atoms with Gasteiger partial charge in [0.05, 0.1) is 32.0 Å². The third kappa shape index (κ3) is 7.65. The zero-order chi connectivity index (χ0) is 48.4. The average Bonchev–Trinajstić information content (AvgIpc) is 3.25. The van der Waals surface area contributed by atoms with Crippen LogP contribution in [0.15, 0.2) is 11.6 Å². The molecule has 23 unspecified atom stereocenters. The van der Waals surface area contributed by atoms with Crippen molar-refractivity contribution in [2.75, 3.05) is 13.7 Å². The van der Waals surface area contributed by atoms with Gasteiger partial charge in [0.15, 0.2) is 24.8 Å². The standard InChI is InChI=1S/C48H76O18/c1-21-29(51)31(53)34(56)39(62-21)65-37-30(52)24(49)20-61-41(37)66-42(59)48-17-16-43(2,3)18-23(48)22-10-11-26-45(6)14-13-28(63-40-35(57)32(54)33(55)36(64-40)38(58)60-9)44(4,5)25(45)12-15-46(26,7)47(22,8)19-27(48)50/h10,21,23-37,39-41,49-57H,11-20H2,1-9H3. The molecule has 18 nitrogen and oxygen atoms in total. The number of rotatable bonds is 7. The predicted octanol–water partition coefficient (Wildman–Crippen LogP) is 0.959. The van der Waals surface area contributed by atoms with Crippen LogP contribution in [0.2, 0.25) is 0 Å². The van der Waals surface area contributed by atoms with Crippen LogP contribution in [0.5, 0.6) is 0 Å². The highest BCUT2D eigenvalue weighted by molar-refractivity contribution is 5.80. The van der Waals surface area contributed by atoms with Crippen molar-refractivity contribution in [2.45, 2.75) is 211 Å². The molecule has 0 radical (unpaired) electrons. The Bertz CT molecular complexity index is 1860.